The standard InChI is InChI=1S/C23H23F8NO4S/c1-37(34,35)17-6-7-19(36-13-21(24,25)23(29,30)31)18(11-17)20(33)32-9-8-15(12-32)10-14-2-4-16(5-3-14)22(26,27)28/h2,4,6-7,11,15H,3,5,8-10,12-13H2,1H3. The lowest BCUT2D eigenvalue weighted by Crippen LogP contribution is -2.42. The van der Waals surface area contributed by atoms with Crippen LogP contribution in [0.2, 0.25) is 0 Å². The van der Waals surface area contributed by atoms with Crippen LogP contribution in [0, 0.1) is 5.92 Å². The number of ether oxygens (including phenoxy) is 1. The Balaban J connectivity index is 1.77. The van der Waals surface area contributed by atoms with Crippen LogP contribution >= 0.6 is 0 Å². The quantitative estimate of drug-likeness (QED) is 0.399. The van der Waals surface area contributed by atoms with E-state index in [2.05, 4.69) is 4.74 Å². The summed E-state index contributed by atoms with van der Waals surface area (Å²) >= 11 is 0. The molecule has 0 bridgehead atoms. The molecule has 1 aromatic rings. The van der Waals surface area contributed by atoms with Crippen LogP contribution in [0.3, 0.4) is 0 Å². The highest BCUT2D eigenvalue weighted by atomic mass is 32.2. The number of sulfone groups is 1. The fraction of sp³-hybridized carbons (Fsp3) is 0.522. The van der Waals surface area contributed by atoms with Crippen molar-refractivity contribution in [2.45, 2.75) is 48.9 Å². The zero-order valence-electron chi connectivity index (χ0n) is 19.4. The van der Waals surface area contributed by atoms with Gasteiger partial charge in [0.1, 0.15) is 5.75 Å². The summed E-state index contributed by atoms with van der Waals surface area (Å²) in [5.41, 5.74) is -0.352. The average molecular weight is 561 g/mol. The largest absolute Gasteiger partial charge is 0.486 e. The monoisotopic (exact) mass is 561 g/mol. The van der Waals surface area contributed by atoms with Gasteiger partial charge in [-0.2, -0.15) is 35.1 Å². The second-order valence-electron chi connectivity index (χ2n) is 9.05. The number of likely N-dealkylation sites (tertiary alicyclic amines) is 1. The van der Waals surface area contributed by atoms with E-state index in [1.807, 2.05) is 0 Å². The molecule has 206 valence electrons. The van der Waals surface area contributed by atoms with Gasteiger partial charge in [0, 0.05) is 24.9 Å². The van der Waals surface area contributed by atoms with Crippen LogP contribution in [0.15, 0.2) is 46.4 Å². The normalized spacial score (nSPS) is 19.5. The van der Waals surface area contributed by atoms with Crippen molar-refractivity contribution < 1.29 is 53.1 Å². The molecule has 1 atom stereocenters. The molecule has 1 aliphatic heterocycles. The minimum absolute atomic E-state index is 0.131. The molecular formula is C23H23F8NO4S. The third-order valence-corrected chi connectivity index (χ3v) is 7.27. The van der Waals surface area contributed by atoms with Crippen molar-refractivity contribution in [1.29, 1.82) is 0 Å². The summed E-state index contributed by atoms with van der Waals surface area (Å²) in [5, 5.41) is 0. The first-order valence-electron chi connectivity index (χ1n) is 11.0. The second-order valence-corrected chi connectivity index (χ2v) is 11.1. The number of alkyl halides is 8. The third-order valence-electron chi connectivity index (χ3n) is 6.16. The van der Waals surface area contributed by atoms with Crippen LogP contribution in [-0.4, -0.2) is 63.5 Å². The summed E-state index contributed by atoms with van der Waals surface area (Å²) in [5.74, 6) is -6.80. The van der Waals surface area contributed by atoms with E-state index in [0.29, 0.717) is 12.8 Å². The van der Waals surface area contributed by atoms with Gasteiger partial charge in [0.15, 0.2) is 16.4 Å². The van der Waals surface area contributed by atoms with Gasteiger partial charge in [0.05, 0.1) is 10.5 Å². The second kappa shape index (κ2) is 10.3. The molecular weight excluding hydrogens is 538 g/mol. The molecule has 0 N–H and O–H groups in total. The molecule has 1 fully saturated rings. The van der Waals surface area contributed by atoms with E-state index in [9.17, 15) is 48.3 Å². The van der Waals surface area contributed by atoms with Gasteiger partial charge in [-0.1, -0.05) is 17.7 Å². The lowest BCUT2D eigenvalue weighted by molar-refractivity contribution is -0.290. The maximum absolute atomic E-state index is 13.4. The fourth-order valence-corrected chi connectivity index (χ4v) is 4.74. The van der Waals surface area contributed by atoms with Crippen LogP contribution in [0.25, 0.3) is 0 Å². The van der Waals surface area contributed by atoms with Crippen LogP contribution in [-0.2, 0) is 9.84 Å². The smallest absolute Gasteiger partial charge is 0.456 e. The Hall–Kier alpha value is -2.64. The summed E-state index contributed by atoms with van der Waals surface area (Å²) in [6.07, 6.45) is -6.12. The molecule has 14 heteroatoms. The Morgan fingerprint density at radius 3 is 2.27 bits per heavy atom. The van der Waals surface area contributed by atoms with Crippen molar-refractivity contribution in [2.24, 2.45) is 5.92 Å². The highest BCUT2D eigenvalue weighted by Crippen LogP contribution is 2.38. The predicted octanol–water partition coefficient (Wildman–Crippen LogP) is 5.73. The molecule has 0 radical (unpaired) electrons. The van der Waals surface area contributed by atoms with E-state index in [0.717, 1.165) is 36.1 Å². The zero-order valence-corrected chi connectivity index (χ0v) is 20.2. The lowest BCUT2D eigenvalue weighted by Gasteiger charge is -2.23. The Labute approximate surface area is 207 Å². The van der Waals surface area contributed by atoms with Crippen molar-refractivity contribution in [2.75, 3.05) is 26.0 Å². The minimum Gasteiger partial charge on any atom is -0.486 e. The van der Waals surface area contributed by atoms with Gasteiger partial charge >= 0.3 is 18.3 Å². The number of benzene rings is 1. The Morgan fingerprint density at radius 2 is 1.73 bits per heavy atom. The molecule has 3 rings (SSSR count). The molecule has 1 unspecified atom stereocenters. The number of rotatable bonds is 7. The van der Waals surface area contributed by atoms with Crippen LogP contribution in [0.4, 0.5) is 35.1 Å². The number of halogens is 8. The number of carbonyl (C=O) groups excluding carboxylic acids is 1. The Bertz CT molecular complexity index is 1200. The molecule has 0 aromatic heterocycles. The van der Waals surface area contributed by atoms with Gasteiger partial charge in [-0.05, 0) is 49.8 Å². The van der Waals surface area contributed by atoms with E-state index in [-0.39, 0.29) is 36.7 Å². The summed E-state index contributed by atoms with van der Waals surface area (Å²) < 4.78 is 131. The number of hydrogen-bond donors (Lipinski definition) is 0. The lowest BCUT2D eigenvalue weighted by atomic mass is 9.90. The number of amides is 1. The molecule has 0 spiro atoms. The zero-order chi connectivity index (χ0) is 27.8. The van der Waals surface area contributed by atoms with Crippen molar-refractivity contribution in [3.8, 4) is 5.75 Å². The van der Waals surface area contributed by atoms with E-state index in [1.54, 1.807) is 0 Å². The minimum atomic E-state index is -5.89. The van der Waals surface area contributed by atoms with Crippen molar-refractivity contribution in [3.05, 3.63) is 47.1 Å². The highest BCUT2D eigenvalue weighted by Gasteiger charge is 2.58. The third kappa shape index (κ3) is 7.02. The van der Waals surface area contributed by atoms with Crippen molar-refractivity contribution in [1.82, 2.24) is 4.90 Å². The first-order valence-corrected chi connectivity index (χ1v) is 12.9. The van der Waals surface area contributed by atoms with E-state index >= 15 is 0 Å². The van der Waals surface area contributed by atoms with E-state index in [1.165, 1.54) is 11.0 Å². The molecule has 1 aliphatic carbocycles. The van der Waals surface area contributed by atoms with Gasteiger partial charge in [0.25, 0.3) is 5.91 Å². The van der Waals surface area contributed by atoms with Crippen LogP contribution in [0.1, 0.15) is 36.0 Å². The summed E-state index contributed by atoms with van der Waals surface area (Å²) in [7, 11) is -3.86. The molecule has 1 aromatic carbocycles. The van der Waals surface area contributed by atoms with Gasteiger partial charge in [0.2, 0.25) is 0 Å². The summed E-state index contributed by atoms with van der Waals surface area (Å²) in [6, 6.07) is 2.64. The summed E-state index contributed by atoms with van der Waals surface area (Å²) in [6.45, 7) is -1.81. The molecule has 2 aliphatic rings. The summed E-state index contributed by atoms with van der Waals surface area (Å²) in [4.78, 5) is 14.1. The molecule has 37 heavy (non-hydrogen) atoms. The van der Waals surface area contributed by atoms with E-state index in [4.69, 9.17) is 0 Å². The number of allylic oxidation sites excluding steroid dienone is 4. The first kappa shape index (κ1) is 28.9. The van der Waals surface area contributed by atoms with Gasteiger partial charge in [-0.25, -0.2) is 8.42 Å². The van der Waals surface area contributed by atoms with Crippen LogP contribution < -0.4 is 4.74 Å². The molecule has 1 amide bonds. The Morgan fingerprint density at radius 1 is 1.05 bits per heavy atom. The average Bonchev–Trinajstić information content (AvgIpc) is 3.24. The maximum Gasteiger partial charge on any atom is 0.456 e. The van der Waals surface area contributed by atoms with E-state index < -0.39 is 57.5 Å². The van der Waals surface area contributed by atoms with Crippen molar-refractivity contribution >= 4 is 15.7 Å². The highest BCUT2D eigenvalue weighted by molar-refractivity contribution is 7.90. The predicted molar refractivity (Wildman–Crippen MR) is 116 cm³/mol. The molecule has 0 saturated carbocycles. The van der Waals surface area contributed by atoms with Gasteiger partial charge in [-0.3, -0.25) is 4.79 Å². The number of hydrogen-bond acceptors (Lipinski definition) is 4. The number of nitrogens with zero attached hydrogens (tertiary/aromatic N) is 1. The van der Waals surface area contributed by atoms with Gasteiger partial charge in [-0.15, -0.1) is 0 Å². The topological polar surface area (TPSA) is 63.7 Å². The first-order chi connectivity index (χ1) is 16.9. The number of carbonyl (C=O) groups is 1. The maximum atomic E-state index is 13.4. The molecule has 1 saturated heterocycles. The van der Waals surface area contributed by atoms with Gasteiger partial charge < -0.3 is 9.64 Å². The SMILES string of the molecule is CS(=O)(=O)c1ccc(OCC(F)(F)C(F)(F)F)c(C(=O)N2CCC(CC3=CC=C(C(F)(F)F)CC3)C2)c1. The van der Waals surface area contributed by atoms with Crippen molar-refractivity contribution in [3.63, 3.8) is 0 Å². The fourth-order valence-electron chi connectivity index (χ4n) is 4.09. The van der Waals surface area contributed by atoms with Crippen LogP contribution in [0.5, 0.6) is 5.75 Å². The Kier molecular flexibility index (Phi) is 8.02. The molecule has 1 heterocycles. The molecule has 5 nitrogen and oxygen atoms in total.